The van der Waals surface area contributed by atoms with Crippen LogP contribution in [0.25, 0.3) is 0 Å². The number of hydrogen-bond donors (Lipinski definition) is 1. The molecular weight excluding hydrogens is 205 g/mol. The van der Waals surface area contributed by atoms with Gasteiger partial charge in [0.15, 0.2) is 0 Å². The second-order valence-corrected chi connectivity index (χ2v) is 1.71. The van der Waals surface area contributed by atoms with Crippen LogP contribution in [-0.4, -0.2) is 15.9 Å². The number of aromatic nitrogens is 2. The zero-order chi connectivity index (χ0) is 9.40. The summed E-state index contributed by atoms with van der Waals surface area (Å²) in [7, 11) is 0. The van der Waals surface area contributed by atoms with Crippen LogP contribution in [0.5, 0.6) is 0 Å². The average molecular weight is 210 g/mol. The fourth-order valence-corrected chi connectivity index (χ4v) is 0.426. The molecule has 0 aliphatic heterocycles. The summed E-state index contributed by atoms with van der Waals surface area (Å²) in [6, 6.07) is 0. The van der Waals surface area contributed by atoms with Crippen LogP contribution in [0.2, 0.25) is 0 Å². The maximum atomic E-state index is 10.3. The van der Waals surface area contributed by atoms with Crippen molar-refractivity contribution in [1.29, 1.82) is 0 Å². The molecule has 1 heterocycles. The van der Waals surface area contributed by atoms with Crippen LogP contribution in [0.3, 0.4) is 0 Å². The van der Waals surface area contributed by atoms with Gasteiger partial charge in [-0.05, 0) is 0 Å². The van der Waals surface area contributed by atoms with Crippen molar-refractivity contribution >= 4 is 5.91 Å². The Kier molecular flexibility index (Phi) is 5.68. The van der Waals surface area contributed by atoms with Crippen molar-refractivity contribution < 1.29 is 27.3 Å². The molecule has 65 valence electrons. The Bertz CT molecular complexity index is 283. The number of nitrogens with two attached hydrogens (primary N) is 1. The van der Waals surface area contributed by atoms with Crippen LogP contribution in [0.1, 0.15) is 10.5 Å². The Morgan fingerprint density at radius 3 is 2.25 bits per heavy atom. The average Bonchev–Trinajstić information content (AvgIpc) is 2.07. The van der Waals surface area contributed by atoms with E-state index >= 15 is 0 Å². The van der Waals surface area contributed by atoms with Gasteiger partial charge in [-0.3, -0.25) is 9.78 Å². The molecule has 12 heavy (non-hydrogen) atoms. The molecule has 0 bridgehead atoms. The van der Waals surface area contributed by atoms with Crippen LogP contribution in [0, 0.1) is 0 Å². The number of amides is 1. The molecule has 6 nitrogen and oxygen atoms in total. The van der Waals surface area contributed by atoms with Gasteiger partial charge in [-0.15, -0.1) is 0 Å². The second kappa shape index (κ2) is 6.38. The van der Waals surface area contributed by atoms with Crippen molar-refractivity contribution in [3.8, 4) is 0 Å². The molecule has 1 rings (SSSR count). The number of primary amides is 1. The van der Waals surface area contributed by atoms with Crippen LogP contribution >= 0.6 is 0 Å². The first-order valence-electron chi connectivity index (χ1n) is 2.67. The molecule has 0 spiro atoms. The van der Waals surface area contributed by atoms with Crippen molar-refractivity contribution in [2.45, 2.75) is 0 Å². The molecule has 0 radical (unpaired) electrons. The van der Waals surface area contributed by atoms with Gasteiger partial charge in [0, 0.05) is 12.4 Å². The van der Waals surface area contributed by atoms with Gasteiger partial charge in [0.2, 0.25) is 0 Å². The van der Waals surface area contributed by atoms with E-state index in [0.29, 0.717) is 0 Å². The van der Waals surface area contributed by atoms with Gasteiger partial charge >= 0.3 is 22.5 Å². The molecule has 0 aliphatic rings. The third-order valence-electron chi connectivity index (χ3n) is 0.816. The zero-order valence-corrected chi connectivity index (χ0v) is 6.99. The summed E-state index contributed by atoms with van der Waals surface area (Å²) >= 11 is -1.44. The Hall–Kier alpha value is -1.33. The first kappa shape index (κ1) is 10.7. The van der Waals surface area contributed by atoms with E-state index in [9.17, 15) is 4.79 Å². The summed E-state index contributed by atoms with van der Waals surface area (Å²) in [6.07, 6.45) is 4.22. The summed E-state index contributed by atoms with van der Waals surface area (Å²) in [4.78, 5) is 17.6. The van der Waals surface area contributed by atoms with Gasteiger partial charge in [-0.1, -0.05) is 0 Å². The zero-order valence-electron chi connectivity index (χ0n) is 5.81. The topological polar surface area (TPSA) is 103 Å². The molecule has 1 amide bonds. The van der Waals surface area contributed by atoms with E-state index in [1.807, 2.05) is 0 Å². The van der Waals surface area contributed by atoms with E-state index in [-0.39, 0.29) is 5.69 Å². The fourth-order valence-electron chi connectivity index (χ4n) is 0.426. The number of hydrogen-bond acceptors (Lipinski definition) is 5. The predicted octanol–water partition coefficient (Wildman–Crippen LogP) is -0.665. The first-order chi connectivity index (χ1) is 5.72. The van der Waals surface area contributed by atoms with E-state index in [4.69, 9.17) is 13.4 Å². The molecule has 7 heteroatoms. The number of nitrogens with zero attached hydrogens (tertiary/aromatic N) is 2. The van der Waals surface area contributed by atoms with Crippen LogP contribution < -0.4 is 5.73 Å². The second-order valence-electron chi connectivity index (χ2n) is 1.52. The van der Waals surface area contributed by atoms with Gasteiger partial charge in [0.25, 0.3) is 5.91 Å². The summed E-state index contributed by atoms with van der Waals surface area (Å²) in [6.45, 7) is 0. The molecule has 2 N–H and O–H groups in total. The maximum absolute atomic E-state index is 10.3. The van der Waals surface area contributed by atoms with Crippen molar-refractivity contribution in [3.63, 3.8) is 0 Å². The Balaban J connectivity index is 0.000000354. The normalized spacial score (nSPS) is 7.67. The molecule has 0 atom stereocenters. The Morgan fingerprint density at radius 1 is 1.42 bits per heavy atom. The molecule has 0 aromatic carbocycles. The van der Waals surface area contributed by atoms with E-state index < -0.39 is 20.7 Å². The quantitative estimate of drug-likeness (QED) is 0.619. The minimum absolute atomic E-state index is 0.192. The van der Waals surface area contributed by atoms with Crippen LogP contribution in [-0.2, 0) is 22.5 Å². The standard InChI is InChI=1S/C5H5N3O.Mn.2O/c6-5(9)4-3-7-1-2-8-4;;;/h1-3H,(H2,6,9);;;. The van der Waals surface area contributed by atoms with Crippen molar-refractivity contribution in [2.75, 3.05) is 0 Å². The molecule has 1 aromatic rings. The van der Waals surface area contributed by atoms with Crippen LogP contribution in [0.15, 0.2) is 18.6 Å². The summed E-state index contributed by atoms with van der Waals surface area (Å²) < 4.78 is 16.8. The number of rotatable bonds is 1. The van der Waals surface area contributed by atoms with Crippen LogP contribution in [0.4, 0.5) is 0 Å². The molecular formula is C5H5MnN3O3. The summed E-state index contributed by atoms with van der Waals surface area (Å²) in [5.41, 5.74) is 5.06. The Morgan fingerprint density at radius 2 is 2.00 bits per heavy atom. The third-order valence-corrected chi connectivity index (χ3v) is 0.816. The van der Waals surface area contributed by atoms with Crippen molar-refractivity contribution in [1.82, 2.24) is 9.97 Å². The summed E-state index contributed by atoms with van der Waals surface area (Å²) in [5, 5.41) is 0. The molecule has 0 saturated carbocycles. The molecule has 0 saturated heterocycles. The van der Waals surface area contributed by atoms with Gasteiger partial charge in [0.05, 0.1) is 6.20 Å². The predicted molar refractivity (Wildman–Crippen MR) is 31.9 cm³/mol. The van der Waals surface area contributed by atoms with Gasteiger partial charge < -0.3 is 5.73 Å². The molecule has 1 aromatic heterocycles. The van der Waals surface area contributed by atoms with Crippen molar-refractivity contribution in [2.24, 2.45) is 5.73 Å². The SMILES string of the molecule is NC(=O)c1cnccn1.[O]=[Mn]=[O]. The van der Waals surface area contributed by atoms with Gasteiger partial charge in [0.1, 0.15) is 5.69 Å². The molecule has 0 fully saturated rings. The van der Waals surface area contributed by atoms with E-state index in [1.54, 1.807) is 0 Å². The third kappa shape index (κ3) is 4.48. The van der Waals surface area contributed by atoms with E-state index in [2.05, 4.69) is 9.97 Å². The van der Waals surface area contributed by atoms with E-state index in [0.717, 1.165) is 0 Å². The fraction of sp³-hybridized carbons (Fsp3) is 0. The van der Waals surface area contributed by atoms with E-state index in [1.165, 1.54) is 18.6 Å². The van der Waals surface area contributed by atoms with Gasteiger partial charge in [-0.25, -0.2) is 4.98 Å². The molecule has 0 unspecified atom stereocenters. The number of carbonyl (C=O) groups is 1. The first-order valence-corrected chi connectivity index (χ1v) is 3.64. The minimum atomic E-state index is -1.44. The molecule has 0 aliphatic carbocycles. The monoisotopic (exact) mass is 210 g/mol. The summed E-state index contributed by atoms with van der Waals surface area (Å²) in [5.74, 6) is -0.553. The van der Waals surface area contributed by atoms with Crippen molar-refractivity contribution in [3.05, 3.63) is 24.3 Å². The van der Waals surface area contributed by atoms with Gasteiger partial charge in [-0.2, -0.15) is 0 Å². The number of carbonyl (C=O) groups excluding carboxylic acids is 1. The Labute approximate surface area is 73.8 Å².